The van der Waals surface area contributed by atoms with Gasteiger partial charge >= 0.3 is 0 Å². The molecule has 0 aliphatic heterocycles. The van der Waals surface area contributed by atoms with Gasteiger partial charge in [-0.15, -0.1) is 5.10 Å². The molecule has 3 rings (SSSR count). The molecule has 0 fully saturated rings. The Morgan fingerprint density at radius 2 is 2.15 bits per heavy atom. The van der Waals surface area contributed by atoms with Crippen molar-refractivity contribution in [2.75, 3.05) is 11.9 Å². The monoisotopic (exact) mass is 272 g/mol. The summed E-state index contributed by atoms with van der Waals surface area (Å²) in [6, 6.07) is 0. The summed E-state index contributed by atoms with van der Waals surface area (Å²) < 4.78 is 3.06. The number of nitrogens with one attached hydrogen (secondary N) is 1. The summed E-state index contributed by atoms with van der Waals surface area (Å²) in [4.78, 5) is 16.9. The molecule has 20 heavy (non-hydrogen) atoms. The lowest BCUT2D eigenvalue weighted by atomic mass is 10.4. The van der Waals surface area contributed by atoms with Crippen molar-refractivity contribution in [2.24, 2.45) is 7.05 Å². The van der Waals surface area contributed by atoms with Gasteiger partial charge in [0.2, 0.25) is 5.95 Å². The highest BCUT2D eigenvalue weighted by Gasteiger charge is 2.13. The second kappa shape index (κ2) is 4.99. The van der Waals surface area contributed by atoms with Crippen LogP contribution < -0.4 is 5.32 Å². The fourth-order valence-electron chi connectivity index (χ4n) is 1.62. The zero-order valence-electron chi connectivity index (χ0n) is 11.0. The third-order valence-corrected chi connectivity index (χ3v) is 2.53. The van der Waals surface area contributed by atoms with E-state index in [0.29, 0.717) is 30.0 Å². The Bertz CT molecular complexity index is 701. The number of hydrogen-bond acceptors (Lipinski definition) is 8. The van der Waals surface area contributed by atoms with Crippen LogP contribution in [0, 0.1) is 0 Å². The molecule has 1 N–H and O–H groups in total. The molecular weight excluding hydrogens is 260 g/mol. The first-order valence-corrected chi connectivity index (χ1v) is 5.98. The van der Waals surface area contributed by atoms with Crippen molar-refractivity contribution in [2.45, 2.75) is 6.92 Å². The molecular formula is C10H12N10. The molecule has 0 radical (unpaired) electrons. The lowest BCUT2D eigenvalue weighted by molar-refractivity contribution is 0.714. The van der Waals surface area contributed by atoms with Gasteiger partial charge in [-0.05, 0) is 6.92 Å². The number of anilines is 1. The minimum atomic E-state index is 0.379. The van der Waals surface area contributed by atoms with Gasteiger partial charge in [0.25, 0.3) is 5.95 Å². The van der Waals surface area contributed by atoms with Gasteiger partial charge in [-0.1, -0.05) is 5.21 Å². The smallest absolute Gasteiger partial charge is 0.257 e. The van der Waals surface area contributed by atoms with Gasteiger partial charge in [0.05, 0.1) is 6.20 Å². The van der Waals surface area contributed by atoms with Gasteiger partial charge in [-0.3, -0.25) is 0 Å². The summed E-state index contributed by atoms with van der Waals surface area (Å²) >= 11 is 0. The largest absolute Gasteiger partial charge is 0.354 e. The lowest BCUT2D eigenvalue weighted by Gasteiger charge is -2.07. The highest BCUT2D eigenvalue weighted by atomic mass is 15.4. The zero-order valence-corrected chi connectivity index (χ0v) is 11.0. The second-order valence-corrected chi connectivity index (χ2v) is 3.90. The maximum Gasteiger partial charge on any atom is 0.257 e. The number of hydrogen-bond donors (Lipinski definition) is 1. The molecule has 0 aromatic carbocycles. The fourth-order valence-corrected chi connectivity index (χ4v) is 1.62. The van der Waals surface area contributed by atoms with Crippen molar-refractivity contribution < 1.29 is 0 Å². The fraction of sp³-hybridized carbons (Fsp3) is 0.300. The van der Waals surface area contributed by atoms with E-state index in [1.54, 1.807) is 17.9 Å². The van der Waals surface area contributed by atoms with Gasteiger partial charge in [0, 0.05) is 13.6 Å². The normalized spacial score (nSPS) is 10.7. The molecule has 0 saturated carbocycles. The van der Waals surface area contributed by atoms with E-state index in [0.717, 1.165) is 0 Å². The zero-order chi connectivity index (χ0) is 13.9. The summed E-state index contributed by atoms with van der Waals surface area (Å²) in [6.07, 6.45) is 4.54. The van der Waals surface area contributed by atoms with Gasteiger partial charge in [-0.25, -0.2) is 9.67 Å². The molecule has 102 valence electrons. The van der Waals surface area contributed by atoms with Gasteiger partial charge in [0.1, 0.15) is 18.3 Å². The molecule has 0 spiro atoms. The number of aromatic nitrogens is 9. The first-order valence-electron chi connectivity index (χ1n) is 5.98. The standard InChI is InChI=1S/C10H12N10/c1-3-12-9-15-8(7-4-13-18-19(7)2)16-10(17-9)20-6-11-5-14-20/h4-6H,3H2,1-2H3,(H,12,15,16,17). The summed E-state index contributed by atoms with van der Waals surface area (Å²) in [5.41, 5.74) is 0.688. The molecule has 0 aliphatic rings. The molecule has 0 saturated heterocycles. The minimum Gasteiger partial charge on any atom is -0.354 e. The molecule has 10 heteroatoms. The molecule has 10 nitrogen and oxygen atoms in total. The van der Waals surface area contributed by atoms with Crippen LogP contribution in [0.1, 0.15) is 6.92 Å². The van der Waals surface area contributed by atoms with Crippen molar-refractivity contribution in [1.29, 1.82) is 0 Å². The summed E-state index contributed by atoms with van der Waals surface area (Å²) in [5, 5.41) is 14.8. The Morgan fingerprint density at radius 3 is 2.80 bits per heavy atom. The van der Waals surface area contributed by atoms with E-state index < -0.39 is 0 Å². The Balaban J connectivity index is 2.12. The average Bonchev–Trinajstić information content (AvgIpc) is 3.09. The molecule has 0 aliphatic carbocycles. The molecule has 3 aromatic rings. The predicted octanol–water partition coefficient (Wildman–Crippen LogP) is -0.320. The molecule has 0 unspecified atom stereocenters. The van der Waals surface area contributed by atoms with Crippen LogP contribution in [0.25, 0.3) is 17.5 Å². The van der Waals surface area contributed by atoms with Gasteiger partial charge in [-0.2, -0.15) is 24.7 Å². The Labute approximate surface area is 113 Å². The van der Waals surface area contributed by atoms with E-state index in [1.807, 2.05) is 6.92 Å². The molecule has 3 heterocycles. The van der Waals surface area contributed by atoms with Crippen molar-refractivity contribution in [1.82, 2.24) is 44.7 Å². The van der Waals surface area contributed by atoms with E-state index in [2.05, 4.69) is 40.7 Å². The first-order chi connectivity index (χ1) is 9.78. The topological polar surface area (TPSA) is 112 Å². The van der Waals surface area contributed by atoms with Crippen LogP contribution in [0.2, 0.25) is 0 Å². The van der Waals surface area contributed by atoms with Crippen molar-refractivity contribution in [3.8, 4) is 17.5 Å². The molecule has 0 bridgehead atoms. The predicted molar refractivity (Wildman–Crippen MR) is 68.9 cm³/mol. The second-order valence-electron chi connectivity index (χ2n) is 3.90. The lowest BCUT2D eigenvalue weighted by Crippen LogP contribution is -2.11. The Kier molecular flexibility index (Phi) is 3.03. The van der Waals surface area contributed by atoms with Crippen molar-refractivity contribution in [3.63, 3.8) is 0 Å². The highest BCUT2D eigenvalue weighted by molar-refractivity contribution is 5.50. The highest BCUT2D eigenvalue weighted by Crippen LogP contribution is 2.15. The quantitative estimate of drug-likeness (QED) is 0.687. The number of rotatable bonds is 4. The van der Waals surface area contributed by atoms with Crippen molar-refractivity contribution in [3.05, 3.63) is 18.9 Å². The maximum absolute atomic E-state index is 4.36. The summed E-state index contributed by atoms with van der Waals surface area (Å²) in [5.74, 6) is 1.31. The SMILES string of the molecule is CCNc1nc(-c2cnnn2C)nc(-n2cncn2)n1. The first kappa shape index (κ1) is 12.1. The summed E-state index contributed by atoms with van der Waals surface area (Å²) in [7, 11) is 1.77. The van der Waals surface area contributed by atoms with Crippen LogP contribution in [0.3, 0.4) is 0 Å². The minimum absolute atomic E-state index is 0.379. The van der Waals surface area contributed by atoms with Crippen LogP contribution in [-0.4, -0.2) is 51.3 Å². The van der Waals surface area contributed by atoms with E-state index in [4.69, 9.17) is 0 Å². The van der Waals surface area contributed by atoms with Crippen LogP contribution in [0.15, 0.2) is 18.9 Å². The van der Waals surface area contributed by atoms with E-state index in [-0.39, 0.29) is 0 Å². The van der Waals surface area contributed by atoms with E-state index in [9.17, 15) is 0 Å². The Morgan fingerprint density at radius 1 is 1.25 bits per heavy atom. The summed E-state index contributed by atoms with van der Waals surface area (Å²) in [6.45, 7) is 2.66. The van der Waals surface area contributed by atoms with Crippen molar-refractivity contribution >= 4 is 5.95 Å². The maximum atomic E-state index is 4.36. The number of nitrogens with zero attached hydrogens (tertiary/aromatic N) is 9. The Hall–Kier alpha value is -2.91. The number of aryl methyl sites for hydroxylation is 1. The average molecular weight is 272 g/mol. The van der Waals surface area contributed by atoms with Crippen LogP contribution in [0.4, 0.5) is 5.95 Å². The third-order valence-electron chi connectivity index (χ3n) is 2.53. The molecule has 0 amide bonds. The third kappa shape index (κ3) is 2.18. The van der Waals surface area contributed by atoms with E-state index >= 15 is 0 Å². The van der Waals surface area contributed by atoms with Crippen LogP contribution in [0.5, 0.6) is 0 Å². The molecule has 0 atom stereocenters. The van der Waals surface area contributed by atoms with E-state index in [1.165, 1.54) is 17.3 Å². The van der Waals surface area contributed by atoms with Gasteiger partial charge in [0.15, 0.2) is 5.82 Å². The van der Waals surface area contributed by atoms with Crippen LogP contribution in [-0.2, 0) is 7.05 Å². The molecule has 3 aromatic heterocycles. The van der Waals surface area contributed by atoms with Crippen LogP contribution >= 0.6 is 0 Å². The van der Waals surface area contributed by atoms with Gasteiger partial charge < -0.3 is 5.32 Å².